The number of benzene rings is 2. The van der Waals surface area contributed by atoms with Gasteiger partial charge < -0.3 is 14.9 Å². The number of aryl methyl sites for hydroxylation is 1. The first-order valence-electron chi connectivity index (χ1n) is 5.70. The minimum atomic E-state index is -0.365. The molecule has 0 atom stereocenters. The topological polar surface area (TPSA) is 66.8 Å². The van der Waals surface area contributed by atoms with Gasteiger partial charge in [0.15, 0.2) is 0 Å². The second kappa shape index (κ2) is 7.06. The molecule has 100 valence electrons. The van der Waals surface area contributed by atoms with Crippen molar-refractivity contribution in [2.24, 2.45) is 0 Å². The van der Waals surface area contributed by atoms with E-state index in [2.05, 4.69) is 0 Å². The van der Waals surface area contributed by atoms with Gasteiger partial charge in [-0.2, -0.15) is 0 Å². The summed E-state index contributed by atoms with van der Waals surface area (Å²) in [7, 11) is 0. The molecule has 0 aromatic heterocycles. The molecule has 4 heteroatoms. The molecule has 2 rings (SSSR count). The molecule has 0 saturated carbocycles. The smallest absolute Gasteiger partial charge is 0.308 e. The van der Waals surface area contributed by atoms with Crippen LogP contribution in [0.1, 0.15) is 12.5 Å². The van der Waals surface area contributed by atoms with Crippen molar-refractivity contribution >= 4 is 5.97 Å². The molecule has 2 aromatic rings. The summed E-state index contributed by atoms with van der Waals surface area (Å²) >= 11 is 0. The van der Waals surface area contributed by atoms with E-state index in [1.54, 1.807) is 12.1 Å². The normalized spacial score (nSPS) is 9.16. The van der Waals surface area contributed by atoms with E-state index in [1.807, 2.05) is 19.1 Å². The second-order valence-electron chi connectivity index (χ2n) is 3.92. The van der Waals surface area contributed by atoms with Gasteiger partial charge in [0, 0.05) is 6.92 Å². The molecule has 0 saturated heterocycles. The standard InChI is InChI=1S/C8H8O3.C7H8O/c1-6(9)11-8-4-2-7(10)3-5-8;1-6-2-4-7(8)5-3-6/h2-5,10H,1H3;2-5,8H,1H3. The van der Waals surface area contributed by atoms with Crippen LogP contribution in [0.5, 0.6) is 17.2 Å². The lowest BCUT2D eigenvalue weighted by Crippen LogP contribution is -2.00. The maximum Gasteiger partial charge on any atom is 0.308 e. The Morgan fingerprint density at radius 3 is 1.68 bits per heavy atom. The van der Waals surface area contributed by atoms with Gasteiger partial charge in [-0.3, -0.25) is 4.79 Å². The summed E-state index contributed by atoms with van der Waals surface area (Å²) in [5.74, 6) is 0.558. The minimum Gasteiger partial charge on any atom is -0.508 e. The maximum atomic E-state index is 10.4. The van der Waals surface area contributed by atoms with Crippen LogP contribution < -0.4 is 4.74 Å². The number of phenols is 2. The molecular formula is C15H16O4. The highest BCUT2D eigenvalue weighted by Gasteiger charge is 1.95. The quantitative estimate of drug-likeness (QED) is 0.611. The Hall–Kier alpha value is -2.49. The Morgan fingerprint density at radius 2 is 1.32 bits per heavy atom. The molecule has 0 heterocycles. The zero-order valence-electron chi connectivity index (χ0n) is 10.8. The summed E-state index contributed by atoms with van der Waals surface area (Å²) < 4.78 is 4.72. The lowest BCUT2D eigenvalue weighted by atomic mass is 10.2. The molecule has 0 amide bonds. The van der Waals surface area contributed by atoms with Gasteiger partial charge in [0.1, 0.15) is 17.2 Å². The van der Waals surface area contributed by atoms with Gasteiger partial charge in [0.25, 0.3) is 0 Å². The first kappa shape index (κ1) is 14.6. The van der Waals surface area contributed by atoms with Crippen LogP contribution in [0, 0.1) is 6.92 Å². The average Bonchev–Trinajstić information content (AvgIpc) is 2.36. The SMILES string of the molecule is CC(=O)Oc1ccc(O)cc1.Cc1ccc(O)cc1. The predicted molar refractivity (Wildman–Crippen MR) is 72.3 cm³/mol. The van der Waals surface area contributed by atoms with Crippen molar-refractivity contribution in [1.29, 1.82) is 0 Å². The highest BCUT2D eigenvalue weighted by atomic mass is 16.5. The van der Waals surface area contributed by atoms with Crippen LogP contribution >= 0.6 is 0 Å². The van der Waals surface area contributed by atoms with E-state index < -0.39 is 0 Å². The fourth-order valence-corrected chi connectivity index (χ4v) is 1.22. The summed E-state index contributed by atoms with van der Waals surface area (Å²) in [6, 6.07) is 13.1. The summed E-state index contributed by atoms with van der Waals surface area (Å²) in [4.78, 5) is 10.4. The summed E-state index contributed by atoms with van der Waals surface area (Å²) in [6.07, 6.45) is 0. The molecule has 0 radical (unpaired) electrons. The predicted octanol–water partition coefficient (Wildman–Crippen LogP) is 3.02. The number of esters is 1. The number of rotatable bonds is 1. The van der Waals surface area contributed by atoms with E-state index in [0.717, 1.165) is 0 Å². The van der Waals surface area contributed by atoms with Crippen molar-refractivity contribution < 1.29 is 19.7 Å². The lowest BCUT2D eigenvalue weighted by molar-refractivity contribution is -0.131. The molecule has 0 aliphatic heterocycles. The molecule has 0 fully saturated rings. The van der Waals surface area contributed by atoms with Crippen LogP contribution in [0.15, 0.2) is 48.5 Å². The van der Waals surface area contributed by atoms with Crippen molar-refractivity contribution in [2.45, 2.75) is 13.8 Å². The fraction of sp³-hybridized carbons (Fsp3) is 0.133. The molecular weight excluding hydrogens is 244 g/mol. The number of phenolic OH excluding ortho intramolecular Hbond substituents is 2. The summed E-state index contributed by atoms with van der Waals surface area (Å²) in [6.45, 7) is 3.31. The van der Waals surface area contributed by atoms with Crippen LogP contribution in [-0.4, -0.2) is 16.2 Å². The molecule has 4 nitrogen and oxygen atoms in total. The van der Waals surface area contributed by atoms with Crippen molar-refractivity contribution in [3.05, 3.63) is 54.1 Å². The Morgan fingerprint density at radius 1 is 0.895 bits per heavy atom. The van der Waals surface area contributed by atoms with Gasteiger partial charge in [-0.25, -0.2) is 0 Å². The van der Waals surface area contributed by atoms with E-state index in [-0.39, 0.29) is 11.7 Å². The van der Waals surface area contributed by atoms with Crippen LogP contribution in [-0.2, 0) is 4.79 Å². The lowest BCUT2D eigenvalue weighted by Gasteiger charge is -1.99. The maximum absolute atomic E-state index is 10.4. The van der Waals surface area contributed by atoms with E-state index in [4.69, 9.17) is 14.9 Å². The number of ether oxygens (including phenoxy) is 1. The van der Waals surface area contributed by atoms with Gasteiger partial charge in [-0.1, -0.05) is 17.7 Å². The molecule has 0 aliphatic rings. The van der Waals surface area contributed by atoms with E-state index in [1.165, 1.54) is 36.8 Å². The Balaban J connectivity index is 0.000000200. The summed E-state index contributed by atoms with van der Waals surface area (Å²) in [5.41, 5.74) is 1.17. The average molecular weight is 260 g/mol. The van der Waals surface area contributed by atoms with Crippen LogP contribution in [0.3, 0.4) is 0 Å². The number of hydrogen-bond donors (Lipinski definition) is 2. The Kier molecular flexibility index (Phi) is 5.41. The van der Waals surface area contributed by atoms with Gasteiger partial charge in [-0.15, -0.1) is 0 Å². The minimum absolute atomic E-state index is 0.154. The zero-order valence-corrected chi connectivity index (χ0v) is 10.8. The molecule has 0 bridgehead atoms. The van der Waals surface area contributed by atoms with Crippen molar-refractivity contribution in [2.75, 3.05) is 0 Å². The van der Waals surface area contributed by atoms with E-state index in [0.29, 0.717) is 11.5 Å². The molecule has 0 spiro atoms. The van der Waals surface area contributed by atoms with Crippen molar-refractivity contribution in [1.82, 2.24) is 0 Å². The van der Waals surface area contributed by atoms with Crippen LogP contribution in [0.4, 0.5) is 0 Å². The Bertz CT molecular complexity index is 494. The molecule has 19 heavy (non-hydrogen) atoms. The third kappa shape index (κ3) is 6.12. The third-order valence-electron chi connectivity index (χ3n) is 2.13. The first-order chi connectivity index (χ1) is 8.97. The van der Waals surface area contributed by atoms with Crippen LogP contribution in [0.2, 0.25) is 0 Å². The monoisotopic (exact) mass is 260 g/mol. The molecule has 0 unspecified atom stereocenters. The highest BCUT2D eigenvalue weighted by molar-refractivity contribution is 5.69. The third-order valence-corrected chi connectivity index (χ3v) is 2.13. The largest absolute Gasteiger partial charge is 0.508 e. The number of carbonyl (C=O) groups is 1. The van der Waals surface area contributed by atoms with Gasteiger partial charge in [-0.05, 0) is 43.3 Å². The second-order valence-corrected chi connectivity index (χ2v) is 3.92. The van der Waals surface area contributed by atoms with Gasteiger partial charge in [0.2, 0.25) is 0 Å². The first-order valence-corrected chi connectivity index (χ1v) is 5.70. The number of carbonyl (C=O) groups excluding carboxylic acids is 1. The number of hydrogen-bond acceptors (Lipinski definition) is 4. The number of aromatic hydroxyl groups is 2. The summed E-state index contributed by atoms with van der Waals surface area (Å²) in [5, 5.41) is 17.6. The Labute approximate surface area is 111 Å². The molecule has 0 aliphatic carbocycles. The van der Waals surface area contributed by atoms with Crippen molar-refractivity contribution in [3.8, 4) is 17.2 Å². The van der Waals surface area contributed by atoms with Crippen molar-refractivity contribution in [3.63, 3.8) is 0 Å². The zero-order chi connectivity index (χ0) is 14.3. The van der Waals surface area contributed by atoms with E-state index in [9.17, 15) is 4.79 Å². The fourth-order valence-electron chi connectivity index (χ4n) is 1.22. The van der Waals surface area contributed by atoms with E-state index >= 15 is 0 Å². The highest BCUT2D eigenvalue weighted by Crippen LogP contribution is 2.15. The molecule has 2 N–H and O–H groups in total. The van der Waals surface area contributed by atoms with Gasteiger partial charge >= 0.3 is 5.97 Å². The van der Waals surface area contributed by atoms with Crippen LogP contribution in [0.25, 0.3) is 0 Å². The molecule has 2 aromatic carbocycles. The van der Waals surface area contributed by atoms with Gasteiger partial charge in [0.05, 0.1) is 0 Å².